The van der Waals surface area contributed by atoms with E-state index in [1.807, 2.05) is 0 Å². The monoisotopic (exact) mass is 154 g/mol. The fraction of sp³-hybridized carbons (Fsp3) is 0.286. The molecule has 0 aliphatic heterocycles. The fourth-order valence-corrected chi connectivity index (χ4v) is 0.451. The van der Waals surface area contributed by atoms with Crippen molar-refractivity contribution >= 4 is 6.03 Å². The lowest BCUT2D eigenvalue weighted by Gasteiger charge is -2.11. The number of rotatable bonds is 4. The van der Waals surface area contributed by atoms with Gasteiger partial charge in [-0.2, -0.15) is 0 Å². The second-order valence-corrected chi connectivity index (χ2v) is 1.85. The number of carbonyl (C=O) groups is 1. The molecule has 0 aromatic rings. The second-order valence-electron chi connectivity index (χ2n) is 1.85. The molecular weight excluding hydrogens is 142 g/mol. The molecule has 0 aliphatic carbocycles. The number of hydrogen-bond donors (Lipinski definition) is 1. The van der Waals surface area contributed by atoms with Crippen molar-refractivity contribution in [2.75, 3.05) is 13.1 Å². The van der Waals surface area contributed by atoms with Crippen molar-refractivity contribution in [2.24, 2.45) is 5.84 Å². The van der Waals surface area contributed by atoms with Gasteiger partial charge in [-0.25, -0.2) is 16.0 Å². The summed E-state index contributed by atoms with van der Waals surface area (Å²) in [7, 11) is 0. The summed E-state index contributed by atoms with van der Waals surface area (Å²) in [5.41, 5.74) is 0. The molecule has 11 heavy (non-hydrogen) atoms. The summed E-state index contributed by atoms with van der Waals surface area (Å²) in [5, 5.41) is 4.54. The Bertz CT molecular complexity index is 156. The Hall–Kier alpha value is -1.29. The van der Waals surface area contributed by atoms with Crippen LogP contribution in [0.5, 0.6) is 0 Å². The predicted octanol–water partition coefficient (Wildman–Crippen LogP) is 0.259. The first-order valence-corrected chi connectivity index (χ1v) is 3.17. The zero-order valence-corrected chi connectivity index (χ0v) is 6.36. The summed E-state index contributed by atoms with van der Waals surface area (Å²) >= 11 is 0. The maximum absolute atomic E-state index is 10.8. The van der Waals surface area contributed by atoms with Gasteiger partial charge in [-0.1, -0.05) is 12.2 Å². The van der Waals surface area contributed by atoms with Crippen LogP contribution in [0.1, 0.15) is 0 Å². The van der Waals surface area contributed by atoms with Gasteiger partial charge in [-0.05, 0) is 0 Å². The van der Waals surface area contributed by atoms with Crippen molar-refractivity contribution in [1.29, 1.82) is 0 Å². The average molecular weight is 154 g/mol. The first-order chi connectivity index (χ1) is 5.22. The summed E-state index contributed by atoms with van der Waals surface area (Å²) in [6, 6.07) is -0.454. The molecule has 0 bridgehead atoms. The van der Waals surface area contributed by atoms with Crippen LogP contribution in [0.2, 0.25) is 0 Å². The number of nitrogens with two attached hydrogens (primary N) is 1. The number of hydrogen-bond acceptors (Lipinski definition) is 2. The van der Waals surface area contributed by atoms with E-state index in [1.165, 1.54) is 12.2 Å². The van der Waals surface area contributed by atoms with E-state index < -0.39 is 6.03 Å². The van der Waals surface area contributed by atoms with Crippen LogP contribution < -0.4 is 11.2 Å². The highest BCUT2D eigenvalue weighted by Gasteiger charge is 2.05. The van der Waals surface area contributed by atoms with Gasteiger partial charge in [0.1, 0.15) is 0 Å². The first kappa shape index (κ1) is 9.71. The summed E-state index contributed by atoms with van der Waals surface area (Å²) in [5.74, 6) is 5.25. The van der Waals surface area contributed by atoms with Crippen LogP contribution in [-0.4, -0.2) is 24.1 Å². The van der Waals surface area contributed by atoms with Gasteiger partial charge in [0.15, 0.2) is 0 Å². The van der Waals surface area contributed by atoms with Crippen molar-refractivity contribution < 1.29 is 4.79 Å². The van der Waals surface area contributed by atoms with E-state index >= 15 is 0 Å². The zero-order chi connectivity index (χ0) is 8.69. The van der Waals surface area contributed by atoms with Crippen LogP contribution in [0.15, 0.2) is 25.3 Å². The van der Waals surface area contributed by atoms with E-state index in [1.54, 1.807) is 0 Å². The van der Waals surface area contributed by atoms with E-state index in [2.05, 4.69) is 18.5 Å². The molecule has 0 spiro atoms. The highest BCUT2D eigenvalue weighted by atomic mass is 16.2. The molecule has 0 aromatic carbocycles. The lowest BCUT2D eigenvalue weighted by Crippen LogP contribution is -2.41. The third kappa shape index (κ3) is 4.16. The third-order valence-electron chi connectivity index (χ3n) is 0.927. The average Bonchev–Trinajstić information content (AvgIpc) is 2.00. The maximum Gasteiger partial charge on any atom is 0.353 e. The molecule has 61 valence electrons. The van der Waals surface area contributed by atoms with Crippen LogP contribution in [0.3, 0.4) is 0 Å². The van der Waals surface area contributed by atoms with E-state index in [0.29, 0.717) is 13.1 Å². The first-order valence-electron chi connectivity index (χ1n) is 3.17. The van der Waals surface area contributed by atoms with Crippen LogP contribution in [0, 0.1) is 0 Å². The molecule has 0 aliphatic rings. The van der Waals surface area contributed by atoms with Crippen molar-refractivity contribution in [3.63, 3.8) is 0 Å². The molecule has 2 amide bonds. The van der Waals surface area contributed by atoms with Gasteiger partial charge in [-0.15, -0.1) is 13.2 Å². The molecule has 4 heteroatoms. The molecule has 0 saturated carbocycles. The highest BCUT2D eigenvalue weighted by molar-refractivity contribution is 5.73. The van der Waals surface area contributed by atoms with E-state index in [-0.39, 0.29) is 0 Å². The molecule has 0 rings (SSSR count). The standard InChI is InChI=1S/C7H12N3O/c1-3-5-9-7(11)10(8)6-4-2/h3-4H,1-2,5-6,8H2. The smallest absolute Gasteiger partial charge is 0.257 e. The molecule has 2 N–H and O–H groups in total. The van der Waals surface area contributed by atoms with Crippen LogP contribution in [0.25, 0.3) is 0 Å². The Morgan fingerprint density at radius 2 is 2.18 bits per heavy atom. The minimum Gasteiger partial charge on any atom is -0.257 e. The molecule has 0 fully saturated rings. The Morgan fingerprint density at radius 1 is 1.55 bits per heavy atom. The van der Waals surface area contributed by atoms with Gasteiger partial charge in [0.05, 0.1) is 13.1 Å². The topological polar surface area (TPSA) is 60.4 Å². The molecule has 0 heterocycles. The minimum absolute atomic E-state index is 0.295. The molecule has 4 nitrogen and oxygen atoms in total. The van der Waals surface area contributed by atoms with Crippen LogP contribution in [-0.2, 0) is 0 Å². The van der Waals surface area contributed by atoms with Gasteiger partial charge in [-0.3, -0.25) is 5.01 Å². The second kappa shape index (κ2) is 5.49. The Morgan fingerprint density at radius 3 is 2.64 bits per heavy atom. The van der Waals surface area contributed by atoms with E-state index in [4.69, 9.17) is 5.84 Å². The predicted molar refractivity (Wildman–Crippen MR) is 43.7 cm³/mol. The lowest BCUT2D eigenvalue weighted by atomic mass is 10.6. The molecular formula is C7H12N3O. The number of hydrazine groups is 1. The quantitative estimate of drug-likeness (QED) is 0.273. The van der Waals surface area contributed by atoms with Gasteiger partial charge in [0.25, 0.3) is 0 Å². The van der Waals surface area contributed by atoms with Gasteiger partial charge in [0.2, 0.25) is 0 Å². The van der Waals surface area contributed by atoms with E-state index in [0.717, 1.165) is 5.01 Å². The number of carbonyl (C=O) groups excluding carboxylic acids is 1. The molecule has 0 saturated heterocycles. The van der Waals surface area contributed by atoms with E-state index in [9.17, 15) is 4.79 Å². The number of amides is 2. The Kier molecular flexibility index (Phi) is 4.85. The van der Waals surface area contributed by atoms with Crippen LogP contribution in [0.4, 0.5) is 4.79 Å². The van der Waals surface area contributed by atoms with Crippen LogP contribution >= 0.6 is 0 Å². The van der Waals surface area contributed by atoms with Crippen molar-refractivity contribution in [3.05, 3.63) is 25.3 Å². The Labute approximate surface area is 66.3 Å². The number of nitrogens with zero attached hydrogens (tertiary/aromatic N) is 2. The normalized spacial score (nSPS) is 8.45. The lowest BCUT2D eigenvalue weighted by molar-refractivity contribution is 0.204. The summed E-state index contributed by atoms with van der Waals surface area (Å²) in [6.45, 7) is 7.44. The SMILES string of the molecule is C=CC[N]C(=O)N(N)CC=C. The maximum atomic E-state index is 10.8. The number of urea groups is 1. The zero-order valence-electron chi connectivity index (χ0n) is 6.36. The highest BCUT2D eigenvalue weighted by Crippen LogP contribution is 1.81. The summed E-state index contributed by atoms with van der Waals surface area (Å²) in [6.07, 6.45) is 3.06. The minimum atomic E-state index is -0.454. The fourth-order valence-electron chi connectivity index (χ4n) is 0.451. The largest absolute Gasteiger partial charge is 0.353 e. The molecule has 1 radical (unpaired) electrons. The van der Waals surface area contributed by atoms with Crippen molar-refractivity contribution in [3.8, 4) is 0 Å². The van der Waals surface area contributed by atoms with Crippen molar-refractivity contribution in [1.82, 2.24) is 10.3 Å². The van der Waals surface area contributed by atoms with Gasteiger partial charge in [0, 0.05) is 0 Å². The summed E-state index contributed by atoms with van der Waals surface area (Å²) in [4.78, 5) is 10.8. The van der Waals surface area contributed by atoms with Gasteiger partial charge >= 0.3 is 6.03 Å². The molecule has 0 aromatic heterocycles. The van der Waals surface area contributed by atoms with Gasteiger partial charge < -0.3 is 0 Å². The summed E-state index contributed by atoms with van der Waals surface area (Å²) < 4.78 is 0. The molecule has 0 unspecified atom stereocenters. The Balaban J connectivity index is 3.62. The third-order valence-corrected chi connectivity index (χ3v) is 0.927. The molecule has 0 atom stereocenters. The van der Waals surface area contributed by atoms with Crippen molar-refractivity contribution in [2.45, 2.75) is 0 Å².